The highest BCUT2D eigenvalue weighted by Gasteiger charge is 2.16. The number of carbonyl (C=O) groups excluding carboxylic acids is 1. The largest absolute Gasteiger partial charge is 0.463 e. The maximum Gasteiger partial charge on any atom is 0.336 e. The third-order valence-electron chi connectivity index (χ3n) is 3.27. The Morgan fingerprint density at radius 1 is 1.28 bits per heavy atom. The van der Waals surface area contributed by atoms with Gasteiger partial charge < -0.3 is 19.2 Å². The average molecular weight is 342 g/mol. The van der Waals surface area contributed by atoms with Crippen LogP contribution in [0.25, 0.3) is 17.3 Å². The van der Waals surface area contributed by atoms with Gasteiger partial charge in [0.1, 0.15) is 6.61 Å². The van der Waals surface area contributed by atoms with Gasteiger partial charge in [0.2, 0.25) is 11.7 Å². The smallest absolute Gasteiger partial charge is 0.336 e. The summed E-state index contributed by atoms with van der Waals surface area (Å²) in [5.74, 6) is 0.895. The van der Waals surface area contributed by atoms with Crippen molar-refractivity contribution in [3.63, 3.8) is 0 Å². The lowest BCUT2D eigenvalue weighted by Crippen LogP contribution is -2.17. The Hall–Kier alpha value is -3.13. The van der Waals surface area contributed by atoms with Crippen LogP contribution in [0.4, 0.5) is 5.69 Å². The molecule has 8 nitrogen and oxygen atoms in total. The predicted octanol–water partition coefficient (Wildman–Crippen LogP) is 2.51. The molecule has 0 atom stereocenters. The van der Waals surface area contributed by atoms with E-state index in [4.69, 9.17) is 13.9 Å². The van der Waals surface area contributed by atoms with Gasteiger partial charge in [0.15, 0.2) is 5.76 Å². The van der Waals surface area contributed by atoms with Crippen LogP contribution in [-0.4, -0.2) is 41.0 Å². The number of nitrogens with one attached hydrogen (secondary N) is 1. The van der Waals surface area contributed by atoms with E-state index in [0.717, 1.165) is 5.69 Å². The molecule has 0 unspecified atom stereocenters. The molecule has 0 radical (unpaired) electrons. The molecule has 130 valence electrons. The summed E-state index contributed by atoms with van der Waals surface area (Å²) < 4.78 is 17.2. The zero-order chi connectivity index (χ0) is 17.6. The van der Waals surface area contributed by atoms with Crippen molar-refractivity contribution in [1.82, 2.24) is 14.8 Å². The SMILES string of the molecule is CCOc1nc(-c2ccco2)n(-c2ccc(NC(=O)COC)cc2)n1. The van der Waals surface area contributed by atoms with Crippen LogP contribution in [0.5, 0.6) is 6.01 Å². The van der Waals surface area contributed by atoms with Crippen LogP contribution in [0.15, 0.2) is 47.1 Å². The summed E-state index contributed by atoms with van der Waals surface area (Å²) >= 11 is 0. The topological polar surface area (TPSA) is 91.4 Å². The van der Waals surface area contributed by atoms with E-state index in [2.05, 4.69) is 15.4 Å². The molecule has 0 saturated carbocycles. The van der Waals surface area contributed by atoms with Crippen molar-refractivity contribution in [3.8, 4) is 23.3 Å². The van der Waals surface area contributed by atoms with Crippen molar-refractivity contribution in [1.29, 1.82) is 0 Å². The Morgan fingerprint density at radius 3 is 2.72 bits per heavy atom. The van der Waals surface area contributed by atoms with E-state index in [1.165, 1.54) is 7.11 Å². The van der Waals surface area contributed by atoms with Crippen LogP contribution < -0.4 is 10.1 Å². The lowest BCUT2D eigenvalue weighted by Gasteiger charge is -2.07. The fraction of sp³-hybridized carbons (Fsp3) is 0.235. The van der Waals surface area contributed by atoms with Gasteiger partial charge >= 0.3 is 6.01 Å². The van der Waals surface area contributed by atoms with Crippen LogP contribution >= 0.6 is 0 Å². The van der Waals surface area contributed by atoms with Gasteiger partial charge in [-0.2, -0.15) is 4.98 Å². The summed E-state index contributed by atoms with van der Waals surface area (Å²) in [5.41, 5.74) is 1.42. The van der Waals surface area contributed by atoms with Crippen molar-refractivity contribution in [2.75, 3.05) is 25.6 Å². The number of ether oxygens (including phenoxy) is 2. The summed E-state index contributed by atoms with van der Waals surface area (Å²) in [4.78, 5) is 15.9. The van der Waals surface area contributed by atoms with E-state index in [1.807, 2.05) is 19.1 Å². The van der Waals surface area contributed by atoms with Gasteiger partial charge in [-0.1, -0.05) is 0 Å². The van der Waals surface area contributed by atoms with Gasteiger partial charge in [-0.05, 0) is 43.3 Å². The molecule has 0 aliphatic carbocycles. The molecule has 1 amide bonds. The number of benzene rings is 1. The number of methoxy groups -OCH3 is 1. The maximum atomic E-state index is 11.6. The number of anilines is 1. The first-order chi connectivity index (χ1) is 12.2. The lowest BCUT2D eigenvalue weighted by atomic mass is 10.2. The Kier molecular flexibility index (Phi) is 5.10. The highest BCUT2D eigenvalue weighted by atomic mass is 16.5. The molecule has 0 bridgehead atoms. The molecule has 1 aromatic carbocycles. The minimum Gasteiger partial charge on any atom is -0.463 e. The predicted molar refractivity (Wildman–Crippen MR) is 90.7 cm³/mol. The number of hydrogen-bond acceptors (Lipinski definition) is 6. The van der Waals surface area contributed by atoms with E-state index in [9.17, 15) is 4.79 Å². The van der Waals surface area contributed by atoms with E-state index in [-0.39, 0.29) is 18.5 Å². The summed E-state index contributed by atoms with van der Waals surface area (Å²) in [6.45, 7) is 2.34. The number of nitrogens with zero attached hydrogens (tertiary/aromatic N) is 3. The molecule has 0 aliphatic rings. The van der Waals surface area contributed by atoms with Crippen LogP contribution in [0.2, 0.25) is 0 Å². The number of amides is 1. The normalized spacial score (nSPS) is 10.6. The van der Waals surface area contributed by atoms with Crippen molar-refractivity contribution in [3.05, 3.63) is 42.7 Å². The molecule has 0 saturated heterocycles. The van der Waals surface area contributed by atoms with Crippen molar-refractivity contribution >= 4 is 11.6 Å². The van der Waals surface area contributed by atoms with Crippen molar-refractivity contribution in [2.45, 2.75) is 6.92 Å². The van der Waals surface area contributed by atoms with E-state index >= 15 is 0 Å². The van der Waals surface area contributed by atoms with Gasteiger partial charge in [0, 0.05) is 12.8 Å². The number of hydrogen-bond donors (Lipinski definition) is 1. The molecule has 8 heteroatoms. The quantitative estimate of drug-likeness (QED) is 0.709. The van der Waals surface area contributed by atoms with Gasteiger partial charge in [0.25, 0.3) is 0 Å². The monoisotopic (exact) mass is 342 g/mol. The Bertz CT molecular complexity index is 825. The Morgan fingerprint density at radius 2 is 2.08 bits per heavy atom. The summed E-state index contributed by atoms with van der Waals surface area (Å²) in [5, 5.41) is 7.10. The molecular weight excluding hydrogens is 324 g/mol. The minimum atomic E-state index is -0.217. The second-order valence-electron chi connectivity index (χ2n) is 5.07. The Balaban J connectivity index is 1.89. The summed E-state index contributed by atoms with van der Waals surface area (Å²) in [6.07, 6.45) is 1.57. The highest BCUT2D eigenvalue weighted by Crippen LogP contribution is 2.24. The zero-order valence-electron chi connectivity index (χ0n) is 13.9. The summed E-state index contributed by atoms with van der Waals surface area (Å²) in [6, 6.07) is 11.0. The number of carbonyl (C=O) groups is 1. The molecule has 3 aromatic rings. The zero-order valence-corrected chi connectivity index (χ0v) is 13.9. The van der Waals surface area contributed by atoms with Crippen molar-refractivity contribution in [2.24, 2.45) is 0 Å². The first-order valence-corrected chi connectivity index (χ1v) is 7.74. The third-order valence-corrected chi connectivity index (χ3v) is 3.27. The molecule has 2 heterocycles. The van der Waals surface area contributed by atoms with E-state index in [0.29, 0.717) is 23.9 Å². The lowest BCUT2D eigenvalue weighted by molar-refractivity contribution is -0.119. The Labute approximate surface area is 144 Å². The van der Waals surface area contributed by atoms with Crippen molar-refractivity contribution < 1.29 is 18.7 Å². The standard InChI is InChI=1S/C17H18N4O4/c1-3-24-17-19-16(14-5-4-10-25-14)21(20-17)13-8-6-12(7-9-13)18-15(22)11-23-2/h4-10H,3,11H2,1-2H3,(H,18,22). The van der Waals surface area contributed by atoms with Crippen LogP contribution in [-0.2, 0) is 9.53 Å². The molecule has 2 aromatic heterocycles. The van der Waals surface area contributed by atoms with E-state index < -0.39 is 0 Å². The molecule has 3 rings (SSSR count). The minimum absolute atomic E-state index is 0.00514. The van der Waals surface area contributed by atoms with E-state index in [1.54, 1.807) is 35.2 Å². The average Bonchev–Trinajstić information content (AvgIpc) is 3.25. The number of rotatable bonds is 7. The summed E-state index contributed by atoms with van der Waals surface area (Å²) in [7, 11) is 1.47. The number of aromatic nitrogens is 3. The van der Waals surface area contributed by atoms with Gasteiger partial charge in [0.05, 0.1) is 18.6 Å². The number of furan rings is 1. The first-order valence-electron chi connectivity index (χ1n) is 7.74. The van der Waals surface area contributed by atoms with Crippen LogP contribution in [0.3, 0.4) is 0 Å². The highest BCUT2D eigenvalue weighted by molar-refractivity contribution is 5.91. The molecule has 25 heavy (non-hydrogen) atoms. The molecule has 0 fully saturated rings. The first kappa shape index (κ1) is 16.7. The third kappa shape index (κ3) is 3.86. The second kappa shape index (κ2) is 7.63. The van der Waals surface area contributed by atoms with Crippen LogP contribution in [0, 0.1) is 0 Å². The van der Waals surface area contributed by atoms with Gasteiger partial charge in [-0.25, -0.2) is 4.68 Å². The fourth-order valence-corrected chi connectivity index (χ4v) is 2.24. The fourth-order valence-electron chi connectivity index (χ4n) is 2.24. The maximum absolute atomic E-state index is 11.6. The van der Waals surface area contributed by atoms with Crippen LogP contribution in [0.1, 0.15) is 6.92 Å². The second-order valence-corrected chi connectivity index (χ2v) is 5.07. The van der Waals surface area contributed by atoms with Gasteiger partial charge in [-0.15, -0.1) is 5.10 Å². The molecule has 1 N–H and O–H groups in total. The molecule has 0 aliphatic heterocycles. The molecule has 0 spiro atoms. The van der Waals surface area contributed by atoms with Gasteiger partial charge in [-0.3, -0.25) is 4.79 Å². The molecular formula is C17H18N4O4.